The predicted molar refractivity (Wildman–Crippen MR) is 77.6 cm³/mol. The zero-order valence-electron chi connectivity index (χ0n) is 11.4. The number of hydrogen-bond acceptors (Lipinski definition) is 3. The molecular weight excluding hydrogens is 303 g/mol. The van der Waals surface area contributed by atoms with Crippen molar-refractivity contribution in [3.8, 4) is 0 Å². The molecule has 2 N–H and O–H groups in total. The van der Waals surface area contributed by atoms with E-state index in [0.717, 1.165) is 25.3 Å². The van der Waals surface area contributed by atoms with Crippen LogP contribution in [-0.4, -0.2) is 24.8 Å². The molecule has 1 aliphatic heterocycles. The van der Waals surface area contributed by atoms with Crippen molar-refractivity contribution in [2.24, 2.45) is 0 Å². The molecule has 112 valence electrons. The van der Waals surface area contributed by atoms with E-state index < -0.39 is 20.7 Å². The first-order chi connectivity index (χ1) is 9.25. The van der Waals surface area contributed by atoms with Gasteiger partial charge in [-0.25, -0.2) is 12.8 Å². The summed E-state index contributed by atoms with van der Waals surface area (Å²) in [5.41, 5.74) is 5.72. The first-order valence-corrected chi connectivity index (χ1v) is 8.35. The lowest BCUT2D eigenvalue weighted by atomic mass is 10.0. The van der Waals surface area contributed by atoms with Crippen LogP contribution < -0.4 is 5.73 Å². The highest BCUT2D eigenvalue weighted by molar-refractivity contribution is 7.89. The van der Waals surface area contributed by atoms with Crippen LogP contribution in [0, 0.1) is 5.82 Å². The van der Waals surface area contributed by atoms with Gasteiger partial charge in [-0.3, -0.25) is 0 Å². The second-order valence-corrected chi connectivity index (χ2v) is 7.50. The van der Waals surface area contributed by atoms with Crippen LogP contribution in [0.2, 0.25) is 5.02 Å². The molecule has 1 saturated heterocycles. The number of rotatable bonds is 2. The smallest absolute Gasteiger partial charge is 0.246 e. The summed E-state index contributed by atoms with van der Waals surface area (Å²) in [7, 11) is -3.94. The van der Waals surface area contributed by atoms with Crippen molar-refractivity contribution < 1.29 is 12.8 Å². The molecule has 0 bridgehead atoms. The third kappa shape index (κ3) is 2.64. The van der Waals surface area contributed by atoms with E-state index in [1.165, 1.54) is 10.4 Å². The largest absolute Gasteiger partial charge is 0.399 e. The Morgan fingerprint density at radius 3 is 2.40 bits per heavy atom. The van der Waals surface area contributed by atoms with Gasteiger partial charge in [0, 0.05) is 17.8 Å². The normalized spacial score (nSPS) is 24.8. The molecule has 0 saturated carbocycles. The van der Waals surface area contributed by atoms with Gasteiger partial charge in [0.2, 0.25) is 10.0 Å². The van der Waals surface area contributed by atoms with Crippen molar-refractivity contribution in [2.45, 2.75) is 50.1 Å². The highest BCUT2D eigenvalue weighted by atomic mass is 35.5. The zero-order valence-corrected chi connectivity index (χ0v) is 13.0. The summed E-state index contributed by atoms with van der Waals surface area (Å²) in [4.78, 5) is -0.442. The molecule has 1 aromatic carbocycles. The topological polar surface area (TPSA) is 63.4 Å². The average molecular weight is 321 g/mol. The fraction of sp³-hybridized carbons (Fsp3) is 0.538. The van der Waals surface area contributed by atoms with Crippen LogP contribution in [0.3, 0.4) is 0 Å². The number of nitrogens with zero attached hydrogens (tertiary/aromatic N) is 1. The molecular formula is C13H18ClFN2O2S. The van der Waals surface area contributed by atoms with Crippen LogP contribution in [0.15, 0.2) is 17.0 Å². The molecule has 1 heterocycles. The average Bonchev–Trinajstić information content (AvgIpc) is 2.33. The number of hydrogen-bond donors (Lipinski definition) is 1. The Bertz CT molecular complexity index is 611. The van der Waals surface area contributed by atoms with Crippen LogP contribution in [0.4, 0.5) is 10.1 Å². The maximum absolute atomic E-state index is 14.1. The summed E-state index contributed by atoms with van der Waals surface area (Å²) < 4.78 is 40.9. The van der Waals surface area contributed by atoms with E-state index in [1.54, 1.807) is 0 Å². The minimum atomic E-state index is -3.94. The first-order valence-electron chi connectivity index (χ1n) is 6.53. The lowest BCUT2D eigenvalue weighted by molar-refractivity contribution is 0.203. The standard InChI is InChI=1S/C13H18ClFN2O2S/c1-8-4-3-5-9(2)17(8)20(18,19)12-7-10(16)6-11(14)13(12)15/h6-9H,3-5,16H2,1-2H3. The van der Waals surface area contributed by atoms with Crippen molar-refractivity contribution in [3.63, 3.8) is 0 Å². The van der Waals surface area contributed by atoms with Crippen LogP contribution >= 0.6 is 11.6 Å². The number of nitrogens with two attached hydrogens (primary N) is 1. The summed E-state index contributed by atoms with van der Waals surface area (Å²) >= 11 is 5.70. The van der Waals surface area contributed by atoms with Crippen molar-refractivity contribution in [1.29, 1.82) is 0 Å². The number of nitrogen functional groups attached to an aromatic ring is 1. The van der Waals surface area contributed by atoms with Gasteiger partial charge in [-0.15, -0.1) is 0 Å². The fourth-order valence-electron chi connectivity index (χ4n) is 2.76. The van der Waals surface area contributed by atoms with Crippen LogP contribution in [-0.2, 0) is 10.0 Å². The predicted octanol–water partition coefficient (Wildman–Crippen LogP) is 3.01. The molecule has 2 rings (SSSR count). The highest BCUT2D eigenvalue weighted by Crippen LogP contribution is 2.33. The number of sulfonamides is 1. The van der Waals surface area contributed by atoms with E-state index in [9.17, 15) is 12.8 Å². The fourth-order valence-corrected chi connectivity index (χ4v) is 5.05. The Hall–Kier alpha value is -0.850. The van der Waals surface area contributed by atoms with Crippen molar-refractivity contribution >= 4 is 27.3 Å². The molecule has 2 unspecified atom stereocenters. The minimum absolute atomic E-state index is 0.132. The summed E-state index contributed by atoms with van der Waals surface area (Å²) in [6.07, 6.45) is 2.50. The Morgan fingerprint density at radius 1 is 1.30 bits per heavy atom. The summed E-state index contributed by atoms with van der Waals surface area (Å²) in [6.45, 7) is 3.66. The Morgan fingerprint density at radius 2 is 1.85 bits per heavy atom. The van der Waals surface area contributed by atoms with Gasteiger partial charge in [0.15, 0.2) is 5.82 Å². The van der Waals surface area contributed by atoms with E-state index in [0.29, 0.717) is 0 Å². The first kappa shape index (κ1) is 15.5. The van der Waals surface area contributed by atoms with E-state index >= 15 is 0 Å². The van der Waals surface area contributed by atoms with Gasteiger partial charge in [0.25, 0.3) is 0 Å². The highest BCUT2D eigenvalue weighted by Gasteiger charge is 2.37. The number of halogens is 2. The van der Waals surface area contributed by atoms with Crippen LogP contribution in [0.25, 0.3) is 0 Å². The van der Waals surface area contributed by atoms with Crippen molar-refractivity contribution in [1.82, 2.24) is 4.31 Å². The molecule has 2 atom stereocenters. The van der Waals surface area contributed by atoms with Gasteiger partial charge in [-0.2, -0.15) is 4.31 Å². The van der Waals surface area contributed by atoms with E-state index in [-0.39, 0.29) is 22.8 Å². The lowest BCUT2D eigenvalue weighted by Crippen LogP contribution is -2.47. The number of benzene rings is 1. The molecule has 0 aromatic heterocycles. The Balaban J connectivity index is 2.55. The summed E-state index contributed by atoms with van der Waals surface area (Å²) in [5.74, 6) is -0.939. The maximum atomic E-state index is 14.1. The minimum Gasteiger partial charge on any atom is -0.399 e. The second-order valence-electron chi connectivity index (χ2n) is 5.28. The quantitative estimate of drug-likeness (QED) is 0.852. The molecule has 0 spiro atoms. The molecule has 1 aromatic rings. The van der Waals surface area contributed by atoms with Gasteiger partial charge in [0.05, 0.1) is 5.02 Å². The Labute approximate surface area is 123 Å². The number of piperidine rings is 1. The van der Waals surface area contributed by atoms with Gasteiger partial charge < -0.3 is 5.73 Å². The molecule has 0 radical (unpaired) electrons. The summed E-state index contributed by atoms with van der Waals surface area (Å²) in [6, 6.07) is 2.01. The van der Waals surface area contributed by atoms with Gasteiger partial charge >= 0.3 is 0 Å². The van der Waals surface area contributed by atoms with Gasteiger partial charge in [-0.05, 0) is 38.8 Å². The lowest BCUT2D eigenvalue weighted by Gasteiger charge is -2.37. The number of anilines is 1. The van der Waals surface area contributed by atoms with Crippen LogP contribution in [0.1, 0.15) is 33.1 Å². The second kappa shape index (κ2) is 5.50. The van der Waals surface area contributed by atoms with E-state index in [4.69, 9.17) is 17.3 Å². The zero-order chi connectivity index (χ0) is 15.1. The van der Waals surface area contributed by atoms with Crippen molar-refractivity contribution in [3.05, 3.63) is 23.0 Å². The summed E-state index contributed by atoms with van der Waals surface area (Å²) in [5, 5.41) is -0.277. The molecule has 0 aliphatic carbocycles. The third-order valence-electron chi connectivity index (χ3n) is 3.69. The molecule has 20 heavy (non-hydrogen) atoms. The monoisotopic (exact) mass is 320 g/mol. The van der Waals surface area contributed by atoms with Crippen LogP contribution in [0.5, 0.6) is 0 Å². The molecule has 1 fully saturated rings. The third-order valence-corrected chi connectivity index (χ3v) is 6.09. The Kier molecular flexibility index (Phi) is 4.27. The molecule has 4 nitrogen and oxygen atoms in total. The molecule has 7 heteroatoms. The van der Waals surface area contributed by atoms with E-state index in [1.807, 2.05) is 13.8 Å². The van der Waals surface area contributed by atoms with E-state index in [2.05, 4.69) is 0 Å². The molecule has 1 aliphatic rings. The molecule has 0 amide bonds. The van der Waals surface area contributed by atoms with Crippen molar-refractivity contribution in [2.75, 3.05) is 5.73 Å². The maximum Gasteiger partial charge on any atom is 0.246 e. The van der Waals surface area contributed by atoms with Gasteiger partial charge in [-0.1, -0.05) is 18.0 Å². The SMILES string of the molecule is CC1CCCC(C)N1S(=O)(=O)c1cc(N)cc(Cl)c1F. The van der Waals surface area contributed by atoms with Gasteiger partial charge in [0.1, 0.15) is 4.90 Å².